The van der Waals surface area contributed by atoms with E-state index in [9.17, 15) is 4.39 Å². The van der Waals surface area contributed by atoms with Crippen LogP contribution in [-0.4, -0.2) is 11.8 Å². The Morgan fingerprint density at radius 1 is 1.36 bits per heavy atom. The van der Waals surface area contributed by atoms with Gasteiger partial charge in [-0.25, -0.2) is 4.39 Å². The molecule has 0 aliphatic rings. The number of rotatable bonds is 1. The Morgan fingerprint density at radius 3 is 2.50 bits per heavy atom. The molecule has 0 radical (unpaired) electrons. The first kappa shape index (κ1) is 11.4. The number of hydrogen-bond acceptors (Lipinski definition) is 1. The first-order valence-corrected chi connectivity index (χ1v) is 5.18. The predicted octanol–water partition coefficient (Wildman–Crippen LogP) is 3.81. The predicted molar refractivity (Wildman–Crippen MR) is 61.4 cm³/mol. The highest BCUT2D eigenvalue weighted by atomic mass is 79.9. The summed E-state index contributed by atoms with van der Waals surface area (Å²) in [6.45, 7) is 5.92. The molecule has 0 atom stereocenters. The van der Waals surface area contributed by atoms with Gasteiger partial charge in [0.25, 0.3) is 0 Å². The lowest BCUT2D eigenvalue weighted by atomic mass is 10.1. The Labute approximate surface area is 92.2 Å². The maximum absolute atomic E-state index is 13.3. The number of benzene rings is 1. The molecule has 0 aliphatic heterocycles. The van der Waals surface area contributed by atoms with Crippen molar-refractivity contribution in [2.24, 2.45) is 4.99 Å². The maximum Gasteiger partial charge on any atom is 0.133 e. The van der Waals surface area contributed by atoms with Crippen LogP contribution in [0.4, 0.5) is 4.39 Å². The molecule has 0 aromatic heterocycles. The van der Waals surface area contributed by atoms with Crippen molar-refractivity contribution < 1.29 is 4.39 Å². The van der Waals surface area contributed by atoms with Gasteiger partial charge in [-0.3, -0.25) is 4.99 Å². The summed E-state index contributed by atoms with van der Waals surface area (Å²) in [5, 5.41) is 0. The third-order valence-electron chi connectivity index (χ3n) is 1.55. The highest BCUT2D eigenvalue weighted by Gasteiger charge is 2.06. The molecular weight excluding hydrogens is 245 g/mol. The van der Waals surface area contributed by atoms with Crippen molar-refractivity contribution in [2.75, 3.05) is 0 Å². The third-order valence-corrected chi connectivity index (χ3v) is 2.05. The van der Waals surface area contributed by atoms with Crippen molar-refractivity contribution in [3.63, 3.8) is 0 Å². The molecule has 0 bridgehead atoms. The smallest absolute Gasteiger partial charge is 0.133 e. The zero-order valence-corrected chi connectivity index (χ0v) is 10.1. The molecule has 1 aromatic rings. The minimum Gasteiger partial charge on any atom is -0.287 e. The van der Waals surface area contributed by atoms with E-state index in [1.165, 1.54) is 6.07 Å². The molecule has 0 saturated carbocycles. The second-order valence-corrected chi connectivity index (χ2v) is 5.01. The summed E-state index contributed by atoms with van der Waals surface area (Å²) in [5.41, 5.74) is 0.350. The number of aliphatic imine (C=N–C) groups is 1. The Hall–Kier alpha value is -0.700. The Bertz CT molecular complexity index is 353. The van der Waals surface area contributed by atoms with Gasteiger partial charge < -0.3 is 0 Å². The standard InChI is InChI=1S/C11H13BrFN/c1-11(2,3)14-7-8-4-5-9(12)6-10(8)13/h4-7H,1-3H3/b14-7+. The van der Waals surface area contributed by atoms with Crippen LogP contribution in [0, 0.1) is 5.82 Å². The number of nitrogens with zero attached hydrogens (tertiary/aromatic N) is 1. The van der Waals surface area contributed by atoms with Crippen LogP contribution in [-0.2, 0) is 0 Å². The van der Waals surface area contributed by atoms with E-state index in [2.05, 4.69) is 20.9 Å². The van der Waals surface area contributed by atoms with Gasteiger partial charge in [-0.15, -0.1) is 0 Å². The highest BCUT2D eigenvalue weighted by Crippen LogP contribution is 2.15. The monoisotopic (exact) mass is 257 g/mol. The minimum absolute atomic E-state index is 0.167. The molecule has 1 nitrogen and oxygen atoms in total. The van der Waals surface area contributed by atoms with E-state index in [1.54, 1.807) is 18.3 Å². The highest BCUT2D eigenvalue weighted by molar-refractivity contribution is 9.10. The fourth-order valence-electron chi connectivity index (χ4n) is 0.869. The lowest BCUT2D eigenvalue weighted by Crippen LogP contribution is -2.09. The Balaban J connectivity index is 2.93. The van der Waals surface area contributed by atoms with Gasteiger partial charge in [0.2, 0.25) is 0 Å². The fraction of sp³-hybridized carbons (Fsp3) is 0.364. The molecule has 3 heteroatoms. The molecule has 0 amide bonds. The minimum atomic E-state index is -0.257. The van der Waals surface area contributed by atoms with Gasteiger partial charge >= 0.3 is 0 Å². The normalized spacial score (nSPS) is 12.4. The van der Waals surface area contributed by atoms with Gasteiger partial charge in [0.1, 0.15) is 5.82 Å². The summed E-state index contributed by atoms with van der Waals surface area (Å²) in [7, 11) is 0. The molecule has 0 aliphatic carbocycles. The van der Waals surface area contributed by atoms with E-state index in [-0.39, 0.29) is 11.4 Å². The second-order valence-electron chi connectivity index (χ2n) is 4.09. The molecule has 0 heterocycles. The van der Waals surface area contributed by atoms with Crippen LogP contribution in [0.1, 0.15) is 26.3 Å². The number of halogens is 2. The maximum atomic E-state index is 13.3. The molecule has 0 unspecified atom stereocenters. The SMILES string of the molecule is CC(C)(C)/N=C/c1ccc(Br)cc1F. The van der Waals surface area contributed by atoms with Crippen molar-refractivity contribution in [1.82, 2.24) is 0 Å². The zero-order chi connectivity index (χ0) is 10.8. The summed E-state index contributed by atoms with van der Waals surface area (Å²) in [6, 6.07) is 4.94. The molecule has 1 rings (SSSR count). The van der Waals surface area contributed by atoms with Crippen LogP contribution in [0.25, 0.3) is 0 Å². The van der Waals surface area contributed by atoms with Gasteiger partial charge in [-0.1, -0.05) is 15.9 Å². The second kappa shape index (κ2) is 4.22. The van der Waals surface area contributed by atoms with Crippen LogP contribution in [0.15, 0.2) is 27.7 Å². The molecule has 76 valence electrons. The summed E-state index contributed by atoms with van der Waals surface area (Å²) in [4.78, 5) is 4.24. The first-order valence-electron chi connectivity index (χ1n) is 4.39. The van der Waals surface area contributed by atoms with Crippen LogP contribution in [0.3, 0.4) is 0 Å². The third kappa shape index (κ3) is 3.58. The van der Waals surface area contributed by atoms with Crippen LogP contribution in [0.2, 0.25) is 0 Å². The summed E-state index contributed by atoms with van der Waals surface area (Å²) < 4.78 is 14.0. The van der Waals surface area contributed by atoms with Crippen LogP contribution in [0.5, 0.6) is 0 Å². The lowest BCUT2D eigenvalue weighted by molar-refractivity contribution is 0.585. The summed E-state index contributed by atoms with van der Waals surface area (Å²) >= 11 is 3.20. The molecule has 0 saturated heterocycles. The van der Waals surface area contributed by atoms with E-state index in [4.69, 9.17) is 0 Å². The van der Waals surface area contributed by atoms with Gasteiger partial charge in [-0.2, -0.15) is 0 Å². The fourth-order valence-corrected chi connectivity index (χ4v) is 1.20. The topological polar surface area (TPSA) is 12.4 Å². The van der Waals surface area contributed by atoms with Crippen molar-refractivity contribution >= 4 is 22.1 Å². The quantitative estimate of drug-likeness (QED) is 0.679. The van der Waals surface area contributed by atoms with E-state index >= 15 is 0 Å². The zero-order valence-electron chi connectivity index (χ0n) is 8.51. The molecule has 0 fully saturated rings. The molecule has 0 spiro atoms. The molecule has 14 heavy (non-hydrogen) atoms. The van der Waals surface area contributed by atoms with Gasteiger partial charge in [0, 0.05) is 16.3 Å². The van der Waals surface area contributed by atoms with Crippen molar-refractivity contribution in [2.45, 2.75) is 26.3 Å². The number of hydrogen-bond donors (Lipinski definition) is 0. The summed E-state index contributed by atoms with van der Waals surface area (Å²) in [5.74, 6) is -0.257. The largest absolute Gasteiger partial charge is 0.287 e. The van der Waals surface area contributed by atoms with E-state index in [0.717, 1.165) is 4.47 Å². The van der Waals surface area contributed by atoms with Crippen LogP contribution < -0.4 is 0 Å². The molecule has 0 N–H and O–H groups in total. The van der Waals surface area contributed by atoms with Crippen molar-refractivity contribution in [3.05, 3.63) is 34.1 Å². The first-order chi connectivity index (χ1) is 6.38. The van der Waals surface area contributed by atoms with E-state index < -0.39 is 0 Å². The van der Waals surface area contributed by atoms with Crippen LogP contribution >= 0.6 is 15.9 Å². The lowest BCUT2D eigenvalue weighted by Gasteiger charge is -2.10. The van der Waals surface area contributed by atoms with Crippen molar-refractivity contribution in [3.8, 4) is 0 Å². The molecular formula is C11H13BrFN. The van der Waals surface area contributed by atoms with Crippen molar-refractivity contribution in [1.29, 1.82) is 0 Å². The average molecular weight is 258 g/mol. The van der Waals surface area contributed by atoms with Gasteiger partial charge in [0.05, 0.1) is 5.54 Å². The average Bonchev–Trinajstić information content (AvgIpc) is 2.00. The van der Waals surface area contributed by atoms with Gasteiger partial charge in [0.15, 0.2) is 0 Å². The Morgan fingerprint density at radius 2 is 2.00 bits per heavy atom. The molecule has 1 aromatic carbocycles. The van der Waals surface area contributed by atoms with Gasteiger partial charge in [-0.05, 0) is 39.0 Å². The Kier molecular flexibility index (Phi) is 3.43. The summed E-state index contributed by atoms with van der Waals surface area (Å²) in [6.07, 6.45) is 1.57. The van der Waals surface area contributed by atoms with E-state index in [0.29, 0.717) is 5.56 Å². The van der Waals surface area contributed by atoms with E-state index in [1.807, 2.05) is 20.8 Å².